The summed E-state index contributed by atoms with van der Waals surface area (Å²) in [5.74, 6) is 0.435. The lowest BCUT2D eigenvalue weighted by Gasteiger charge is -2.25. The molecule has 2 aromatic carbocycles. The lowest BCUT2D eigenvalue weighted by molar-refractivity contribution is 0.0939. The first kappa shape index (κ1) is 21.4. The monoisotopic (exact) mass is 441 g/mol. The summed E-state index contributed by atoms with van der Waals surface area (Å²) in [7, 11) is -1.89. The van der Waals surface area contributed by atoms with E-state index in [-0.39, 0.29) is 10.8 Å². The Morgan fingerprint density at radius 3 is 2.61 bits per heavy atom. The molecule has 0 atom stereocenters. The molecule has 8 heteroatoms. The maximum absolute atomic E-state index is 12.9. The van der Waals surface area contributed by atoms with Crippen LogP contribution in [0.2, 0.25) is 0 Å². The van der Waals surface area contributed by atoms with Gasteiger partial charge in [-0.2, -0.15) is 4.31 Å². The quantitative estimate of drug-likeness (QED) is 0.571. The lowest BCUT2D eigenvalue weighted by atomic mass is 10.1. The normalized spacial score (nSPS) is 15.1. The van der Waals surface area contributed by atoms with Gasteiger partial charge >= 0.3 is 0 Å². The second-order valence-electron chi connectivity index (χ2n) is 7.72. The van der Waals surface area contributed by atoms with Crippen LogP contribution in [0.5, 0.6) is 5.75 Å². The van der Waals surface area contributed by atoms with Gasteiger partial charge in [-0.3, -0.25) is 4.79 Å². The highest BCUT2D eigenvalue weighted by Gasteiger charge is 2.28. The summed E-state index contributed by atoms with van der Waals surface area (Å²) in [5, 5.41) is 4.92. The van der Waals surface area contributed by atoms with Gasteiger partial charge in [-0.1, -0.05) is 42.8 Å². The van der Waals surface area contributed by atoms with Crippen LogP contribution in [0, 0.1) is 0 Å². The number of carbonyl (C=O) groups excluding carboxylic acids is 1. The average Bonchev–Trinajstić information content (AvgIpc) is 3.20. The fourth-order valence-electron chi connectivity index (χ4n) is 3.89. The second-order valence-corrected chi connectivity index (χ2v) is 9.66. The number of benzene rings is 2. The highest BCUT2D eigenvalue weighted by Crippen LogP contribution is 2.25. The zero-order chi connectivity index (χ0) is 21.8. The van der Waals surface area contributed by atoms with Crippen molar-refractivity contribution in [2.75, 3.05) is 26.2 Å². The third-order valence-electron chi connectivity index (χ3n) is 5.56. The van der Waals surface area contributed by atoms with E-state index in [9.17, 15) is 13.2 Å². The first-order valence-corrected chi connectivity index (χ1v) is 12.0. The van der Waals surface area contributed by atoms with Crippen molar-refractivity contribution < 1.29 is 17.9 Å². The van der Waals surface area contributed by atoms with Gasteiger partial charge in [0.15, 0.2) is 0 Å². The molecule has 31 heavy (non-hydrogen) atoms. The third-order valence-corrected chi connectivity index (χ3v) is 7.42. The number of hydrogen-bond donors (Lipinski definition) is 1. The van der Waals surface area contributed by atoms with Crippen molar-refractivity contribution in [2.24, 2.45) is 7.05 Å². The van der Waals surface area contributed by atoms with E-state index in [0.29, 0.717) is 31.9 Å². The van der Waals surface area contributed by atoms with E-state index in [4.69, 9.17) is 4.74 Å². The Morgan fingerprint density at radius 2 is 1.81 bits per heavy atom. The van der Waals surface area contributed by atoms with Crippen molar-refractivity contribution in [3.8, 4) is 5.75 Å². The van der Waals surface area contributed by atoms with Gasteiger partial charge < -0.3 is 14.6 Å². The zero-order valence-electron chi connectivity index (χ0n) is 17.6. The molecule has 1 aliphatic rings. The number of nitrogens with zero attached hydrogens (tertiary/aromatic N) is 2. The summed E-state index contributed by atoms with van der Waals surface area (Å²) in [5.41, 5.74) is 0.306. The molecule has 1 aromatic heterocycles. The van der Waals surface area contributed by atoms with Gasteiger partial charge in [0, 0.05) is 31.7 Å². The van der Waals surface area contributed by atoms with Crippen molar-refractivity contribution in [3.63, 3.8) is 0 Å². The number of piperidine rings is 1. The number of fused-ring (bicyclic) bond motifs is 1. The van der Waals surface area contributed by atoms with Crippen molar-refractivity contribution in [1.29, 1.82) is 0 Å². The molecule has 1 N–H and O–H groups in total. The van der Waals surface area contributed by atoms with E-state index < -0.39 is 10.0 Å². The number of nitrogens with one attached hydrogen (secondary N) is 1. The number of ether oxygens (including phenoxy) is 1. The Morgan fingerprint density at radius 1 is 1.06 bits per heavy atom. The van der Waals surface area contributed by atoms with Crippen LogP contribution in [-0.4, -0.2) is 49.4 Å². The SMILES string of the molecule is Cn1cc(S(=O)(=O)N2CCCCC2)cc1C(=O)NCCOc1cccc2ccccc12. The minimum Gasteiger partial charge on any atom is -0.491 e. The smallest absolute Gasteiger partial charge is 0.268 e. The summed E-state index contributed by atoms with van der Waals surface area (Å²) in [6.07, 6.45) is 4.30. The van der Waals surface area contributed by atoms with Crippen LogP contribution in [0.1, 0.15) is 29.8 Å². The van der Waals surface area contributed by atoms with Gasteiger partial charge in [0.2, 0.25) is 10.0 Å². The maximum atomic E-state index is 12.9. The van der Waals surface area contributed by atoms with Crippen LogP contribution in [0.25, 0.3) is 10.8 Å². The highest BCUT2D eigenvalue weighted by molar-refractivity contribution is 7.89. The van der Waals surface area contributed by atoms with Gasteiger partial charge in [0.25, 0.3) is 5.91 Å². The van der Waals surface area contributed by atoms with Crippen molar-refractivity contribution in [3.05, 3.63) is 60.4 Å². The van der Waals surface area contributed by atoms with E-state index in [2.05, 4.69) is 5.32 Å². The molecule has 1 amide bonds. The minimum atomic E-state index is -3.57. The van der Waals surface area contributed by atoms with Gasteiger partial charge in [-0.15, -0.1) is 0 Å². The Bertz CT molecular complexity index is 1180. The average molecular weight is 442 g/mol. The Labute approximate surface area is 182 Å². The Balaban J connectivity index is 1.37. The van der Waals surface area contributed by atoms with Gasteiger partial charge in [-0.05, 0) is 30.4 Å². The summed E-state index contributed by atoms with van der Waals surface area (Å²) in [6.45, 7) is 1.68. The molecule has 0 radical (unpaired) electrons. The molecule has 0 aliphatic carbocycles. The van der Waals surface area contributed by atoms with Gasteiger partial charge in [-0.25, -0.2) is 8.42 Å². The summed E-state index contributed by atoms with van der Waals surface area (Å²) in [4.78, 5) is 12.8. The van der Waals surface area contributed by atoms with Crippen LogP contribution in [0.4, 0.5) is 0 Å². The molecule has 2 heterocycles. The molecule has 0 spiro atoms. The predicted molar refractivity (Wildman–Crippen MR) is 120 cm³/mol. The van der Waals surface area contributed by atoms with E-state index in [1.807, 2.05) is 42.5 Å². The molecule has 0 saturated carbocycles. The Kier molecular flexibility index (Phi) is 6.29. The van der Waals surface area contributed by atoms with Crippen LogP contribution >= 0.6 is 0 Å². The molecular weight excluding hydrogens is 414 g/mol. The van der Waals surface area contributed by atoms with Crippen molar-refractivity contribution >= 4 is 26.7 Å². The van der Waals surface area contributed by atoms with E-state index in [1.165, 1.54) is 16.6 Å². The van der Waals surface area contributed by atoms with E-state index in [0.717, 1.165) is 35.8 Å². The molecular formula is C23H27N3O4S. The van der Waals surface area contributed by atoms with Crippen LogP contribution in [0.3, 0.4) is 0 Å². The second kappa shape index (κ2) is 9.11. The number of hydrogen-bond acceptors (Lipinski definition) is 4. The minimum absolute atomic E-state index is 0.161. The van der Waals surface area contributed by atoms with E-state index in [1.54, 1.807) is 11.6 Å². The molecule has 7 nitrogen and oxygen atoms in total. The number of aryl methyl sites for hydroxylation is 1. The first-order chi connectivity index (χ1) is 15.0. The largest absolute Gasteiger partial charge is 0.491 e. The number of amides is 1. The van der Waals surface area contributed by atoms with Gasteiger partial charge in [0.05, 0.1) is 6.54 Å². The molecule has 3 aromatic rings. The van der Waals surface area contributed by atoms with Crippen LogP contribution in [0.15, 0.2) is 59.6 Å². The molecule has 1 fully saturated rings. The third kappa shape index (κ3) is 4.60. The maximum Gasteiger partial charge on any atom is 0.268 e. The van der Waals surface area contributed by atoms with Crippen molar-refractivity contribution in [2.45, 2.75) is 24.2 Å². The fourth-order valence-corrected chi connectivity index (χ4v) is 5.48. The number of carbonyl (C=O) groups is 1. The topological polar surface area (TPSA) is 80.6 Å². The van der Waals surface area contributed by atoms with Crippen molar-refractivity contribution in [1.82, 2.24) is 14.2 Å². The van der Waals surface area contributed by atoms with Crippen LogP contribution < -0.4 is 10.1 Å². The molecule has 0 unspecified atom stereocenters. The number of aromatic nitrogens is 1. The summed E-state index contributed by atoms with van der Waals surface area (Å²) >= 11 is 0. The summed E-state index contributed by atoms with van der Waals surface area (Å²) < 4.78 is 34.6. The molecule has 164 valence electrons. The van der Waals surface area contributed by atoms with Gasteiger partial charge in [0.1, 0.15) is 22.9 Å². The Hall–Kier alpha value is -2.84. The summed E-state index contributed by atoms with van der Waals surface area (Å²) in [6, 6.07) is 15.3. The first-order valence-electron chi connectivity index (χ1n) is 10.5. The molecule has 1 aliphatic heterocycles. The van der Waals surface area contributed by atoms with Crippen LogP contribution in [-0.2, 0) is 17.1 Å². The highest BCUT2D eigenvalue weighted by atomic mass is 32.2. The fraction of sp³-hybridized carbons (Fsp3) is 0.348. The lowest BCUT2D eigenvalue weighted by Crippen LogP contribution is -2.35. The number of sulfonamides is 1. The molecule has 4 rings (SSSR count). The molecule has 0 bridgehead atoms. The number of rotatable bonds is 7. The zero-order valence-corrected chi connectivity index (χ0v) is 18.4. The predicted octanol–water partition coefficient (Wildman–Crippen LogP) is 3.16. The standard InChI is InChI=1S/C23H27N3O4S/c1-25-17-19(31(28,29)26-13-5-2-6-14-26)16-21(25)23(27)24-12-15-30-22-11-7-9-18-8-3-4-10-20(18)22/h3-4,7-11,16-17H,2,5-6,12-15H2,1H3,(H,24,27). The van der Waals surface area contributed by atoms with E-state index >= 15 is 0 Å². The molecule has 1 saturated heterocycles.